The van der Waals surface area contributed by atoms with Crippen molar-refractivity contribution in [2.75, 3.05) is 0 Å². The van der Waals surface area contributed by atoms with E-state index in [1.807, 2.05) is 48.5 Å². The van der Waals surface area contributed by atoms with Gasteiger partial charge in [-0.2, -0.15) is 6.42 Å². The zero-order valence-corrected chi connectivity index (χ0v) is 20.9. The first-order valence-electron chi connectivity index (χ1n) is 9.21. The Labute approximate surface area is 194 Å². The fraction of sp³-hybridized carbons (Fsp3) is 0.217. The van der Waals surface area contributed by atoms with Crippen LogP contribution in [0.2, 0.25) is 0 Å². The molecule has 0 saturated carbocycles. The maximum absolute atomic E-state index is 6.88. The van der Waals surface area contributed by atoms with Crippen LogP contribution < -0.4 is 5.30 Å². The van der Waals surface area contributed by atoms with E-state index in [9.17, 15) is 0 Å². The predicted octanol–water partition coefficient (Wildman–Crippen LogP) is 7.43. The fourth-order valence-corrected chi connectivity index (χ4v) is 2.33. The second kappa shape index (κ2) is 21.9. The van der Waals surface area contributed by atoms with Gasteiger partial charge in [-0.05, 0) is 29.4 Å². The molecule has 2 nitrogen and oxygen atoms in total. The van der Waals surface area contributed by atoms with Crippen molar-refractivity contribution in [2.45, 2.75) is 32.2 Å². The van der Waals surface area contributed by atoms with Gasteiger partial charge in [-0.25, -0.2) is 0 Å². The molecular weight excluding hydrogens is 507 g/mol. The standard InChI is InChI=1S/C11H15.C6H7N2.C6H7P.2ClH.Ru/c1-2-3-5-8-11-9-6-4-7-10-11;7-5-6-3-1-2-4-8-6;7-6-4-2-1-3-5-6;;;/h4,6-7,9-10H,1-3,5,8H2;1-4,7H,5H2;1-5H,7H2;2*1H;/q2*-1;;;;+4/p-2. The maximum atomic E-state index is 6.88. The molecule has 3 rings (SSSR count). The Morgan fingerprint density at radius 3 is 1.79 bits per heavy atom. The van der Waals surface area contributed by atoms with Crippen LogP contribution in [0, 0.1) is 6.92 Å². The normalized spacial score (nSPS) is 9.00. The van der Waals surface area contributed by atoms with Gasteiger partial charge in [0.05, 0.1) is 0 Å². The largest absolute Gasteiger partial charge is 0.672 e. The van der Waals surface area contributed by atoms with E-state index in [1.54, 1.807) is 6.20 Å². The third kappa shape index (κ3) is 18.9. The summed E-state index contributed by atoms with van der Waals surface area (Å²) in [6.45, 7) is 4.10. The van der Waals surface area contributed by atoms with Gasteiger partial charge in [-0.1, -0.05) is 79.6 Å². The number of nitrogens with one attached hydrogen (secondary N) is 1. The Bertz CT molecular complexity index is 689. The van der Waals surface area contributed by atoms with Crippen LogP contribution in [-0.2, 0) is 28.1 Å². The summed E-state index contributed by atoms with van der Waals surface area (Å²) in [5.74, 6) is 0. The van der Waals surface area contributed by atoms with E-state index in [0.717, 1.165) is 12.1 Å². The first kappa shape index (κ1) is 28.2. The predicted molar refractivity (Wildman–Crippen MR) is 129 cm³/mol. The number of hydrogen-bond acceptors (Lipinski definition) is 1. The fourth-order valence-electron chi connectivity index (χ4n) is 2.11. The number of aromatic nitrogens is 1. The monoisotopic (exact) mass is 536 g/mol. The molecule has 1 heterocycles. The third-order valence-corrected chi connectivity index (χ3v) is 3.90. The molecule has 1 aromatic heterocycles. The van der Waals surface area contributed by atoms with Crippen molar-refractivity contribution in [1.29, 1.82) is 0 Å². The second-order valence-corrected chi connectivity index (χ2v) is 9.06. The number of pyridine rings is 1. The number of unbranched alkanes of at least 4 members (excludes halogenated alkanes) is 2. The van der Waals surface area contributed by atoms with Crippen LogP contribution in [0.1, 0.15) is 30.5 Å². The van der Waals surface area contributed by atoms with Gasteiger partial charge in [0.1, 0.15) is 0 Å². The van der Waals surface area contributed by atoms with Gasteiger partial charge in [0.25, 0.3) is 0 Å². The zero-order chi connectivity index (χ0) is 21.6. The smallest absolute Gasteiger partial charge is 0.0270 e. The quantitative estimate of drug-likeness (QED) is 0.145. The number of rotatable bonds is 5. The van der Waals surface area contributed by atoms with E-state index in [2.05, 4.69) is 51.5 Å². The number of nitrogens with zero attached hydrogens (tertiary/aromatic N) is 1. The Kier molecular flexibility index (Phi) is 21.3. The molecule has 0 amide bonds. The van der Waals surface area contributed by atoms with Crippen molar-refractivity contribution in [2.24, 2.45) is 0 Å². The van der Waals surface area contributed by atoms with E-state index in [4.69, 9.17) is 25.1 Å². The number of halogens is 2. The number of aryl methyl sites for hydroxylation is 1. The average Bonchev–Trinajstić information content (AvgIpc) is 2.77. The molecule has 0 aliphatic heterocycles. The minimum absolute atomic E-state index is 0.279. The van der Waals surface area contributed by atoms with Gasteiger partial charge in [0.15, 0.2) is 0 Å². The zero-order valence-electron chi connectivity index (χ0n) is 16.5. The summed E-state index contributed by atoms with van der Waals surface area (Å²) in [6.07, 6.45) is 6.48. The molecule has 0 spiro atoms. The van der Waals surface area contributed by atoms with E-state index in [-0.39, 0.29) is 21.7 Å². The van der Waals surface area contributed by atoms with Crippen LogP contribution in [-0.4, -0.2) is 4.98 Å². The molecule has 0 aliphatic carbocycles. The molecule has 1 unspecified atom stereocenters. The molecule has 0 radical (unpaired) electrons. The molecule has 2 aromatic carbocycles. The number of hydrogen-bond donors (Lipinski definition) is 0. The van der Waals surface area contributed by atoms with Gasteiger partial charge in [0.2, 0.25) is 0 Å². The maximum Gasteiger partial charge on any atom is 0.0270 e. The van der Waals surface area contributed by atoms with Crippen molar-refractivity contribution in [3.63, 3.8) is 0 Å². The summed E-state index contributed by atoms with van der Waals surface area (Å²) in [5, 5.41) is 1.24. The van der Waals surface area contributed by atoms with Crippen LogP contribution in [0.5, 0.6) is 0 Å². The first-order chi connectivity index (χ1) is 14.2. The Hall–Kier alpha value is -0.817. The van der Waals surface area contributed by atoms with Crippen molar-refractivity contribution >= 4 is 33.9 Å². The topological polar surface area (TPSA) is 36.7 Å². The SMILES string of the molecule is Pc1ccccc1.[CH2-]CCCCc1ccccc1.[Cl][Ru+2][Cl].[NH-]Cc1ccccn1. The second-order valence-electron chi connectivity index (χ2n) is 5.76. The minimum atomic E-state index is -0.346. The molecule has 1 N–H and O–H groups in total. The van der Waals surface area contributed by atoms with E-state index in [1.165, 1.54) is 30.1 Å². The van der Waals surface area contributed by atoms with Crippen molar-refractivity contribution in [1.82, 2.24) is 4.98 Å². The molecule has 0 saturated heterocycles. The van der Waals surface area contributed by atoms with Crippen LogP contribution >= 0.6 is 28.6 Å². The van der Waals surface area contributed by atoms with Crippen molar-refractivity contribution < 1.29 is 15.1 Å². The molecule has 0 fully saturated rings. The van der Waals surface area contributed by atoms with Crippen LogP contribution in [0.15, 0.2) is 85.1 Å². The van der Waals surface area contributed by atoms with Crippen LogP contribution in [0.3, 0.4) is 0 Å². The Morgan fingerprint density at radius 2 is 1.41 bits per heavy atom. The van der Waals surface area contributed by atoms with Crippen LogP contribution in [0.25, 0.3) is 5.73 Å². The van der Waals surface area contributed by atoms with E-state index >= 15 is 0 Å². The van der Waals surface area contributed by atoms with Gasteiger partial charge in [-0.15, -0.1) is 15.8 Å². The minimum Gasteiger partial charge on any atom is -0.672 e. The molecule has 3 aromatic rings. The molecule has 6 heteroatoms. The summed E-state index contributed by atoms with van der Waals surface area (Å²) in [5.41, 5.74) is 9.15. The van der Waals surface area contributed by atoms with Crippen LogP contribution in [0.4, 0.5) is 0 Å². The third-order valence-electron chi connectivity index (χ3n) is 3.52. The molecule has 0 aliphatic rings. The van der Waals surface area contributed by atoms with Gasteiger partial charge < -0.3 is 12.7 Å². The molecular formula is C23H29Cl2N2PRu. The van der Waals surface area contributed by atoms with E-state index in [0.29, 0.717) is 0 Å². The van der Waals surface area contributed by atoms with Crippen molar-refractivity contribution in [3.05, 3.63) is 109 Å². The number of benzene rings is 2. The van der Waals surface area contributed by atoms with Gasteiger partial charge in [-0.3, -0.25) is 4.98 Å². The molecule has 158 valence electrons. The van der Waals surface area contributed by atoms with Gasteiger partial charge >= 0.3 is 34.5 Å². The Morgan fingerprint density at radius 1 is 0.862 bits per heavy atom. The van der Waals surface area contributed by atoms with Crippen molar-refractivity contribution in [3.8, 4) is 0 Å². The molecule has 0 bridgehead atoms. The molecule has 29 heavy (non-hydrogen) atoms. The summed E-state index contributed by atoms with van der Waals surface area (Å²) in [7, 11) is 12.3. The average molecular weight is 536 g/mol. The first-order valence-corrected chi connectivity index (χ1v) is 14.3. The summed E-state index contributed by atoms with van der Waals surface area (Å²) in [4.78, 5) is 3.91. The summed E-state index contributed by atoms with van der Waals surface area (Å²) in [6, 6.07) is 26.3. The Balaban J connectivity index is 0.000000388. The van der Waals surface area contributed by atoms with Gasteiger partial charge in [0, 0.05) is 11.9 Å². The molecule has 1 atom stereocenters. The summed E-state index contributed by atoms with van der Waals surface area (Å²) >= 11 is -0.346. The van der Waals surface area contributed by atoms with E-state index < -0.39 is 0 Å². The summed E-state index contributed by atoms with van der Waals surface area (Å²) < 4.78 is 0.